The number of nitrogens with two attached hydrogens (primary N) is 1. The normalized spacial score (nSPS) is 24.6. The quantitative estimate of drug-likeness (QED) is 0.561. The number of esters is 1. The minimum Gasteiger partial charge on any atom is -0.460 e. The number of hydrogen-bond acceptors (Lipinski definition) is 7. The van der Waals surface area contributed by atoms with Crippen molar-refractivity contribution >= 4 is 17.5 Å². The zero-order valence-corrected chi connectivity index (χ0v) is 14.5. The van der Waals surface area contributed by atoms with Gasteiger partial charge in [0.05, 0.1) is 25.7 Å². The van der Waals surface area contributed by atoms with Gasteiger partial charge in [0.15, 0.2) is 11.6 Å². The molecule has 7 nitrogen and oxygen atoms in total. The number of hydrogen-bond donors (Lipinski definition) is 1. The summed E-state index contributed by atoms with van der Waals surface area (Å²) < 4.78 is 14.7. The molecule has 2 aliphatic heterocycles. The molecule has 0 aliphatic carbocycles. The van der Waals surface area contributed by atoms with E-state index in [4.69, 9.17) is 19.9 Å². The van der Waals surface area contributed by atoms with E-state index < -0.39 is 5.60 Å². The highest BCUT2D eigenvalue weighted by atomic mass is 16.6. The fraction of sp³-hybridized carbons (Fsp3) is 0.812. The van der Waals surface area contributed by atoms with Crippen LogP contribution in [0.1, 0.15) is 41.0 Å². The van der Waals surface area contributed by atoms with Crippen molar-refractivity contribution in [3.8, 4) is 0 Å². The molecule has 23 heavy (non-hydrogen) atoms. The van der Waals surface area contributed by atoms with E-state index in [1.807, 2.05) is 0 Å². The molecule has 4 atom stereocenters. The Hall–Kier alpha value is -1.31. The Labute approximate surface area is 136 Å². The summed E-state index contributed by atoms with van der Waals surface area (Å²) in [6.07, 6.45) is -0.312. The maximum absolute atomic E-state index is 11.5. The molecule has 0 saturated carbocycles. The molecule has 0 aromatic carbocycles. The Morgan fingerprint density at radius 1 is 1.09 bits per heavy atom. The van der Waals surface area contributed by atoms with Crippen LogP contribution in [0.2, 0.25) is 0 Å². The summed E-state index contributed by atoms with van der Waals surface area (Å²) in [5, 5.41) is 0. The molecule has 2 fully saturated rings. The fourth-order valence-corrected chi connectivity index (χ4v) is 1.77. The third kappa shape index (κ3) is 8.20. The molecule has 0 bridgehead atoms. The lowest BCUT2D eigenvalue weighted by molar-refractivity contribution is -0.157. The summed E-state index contributed by atoms with van der Waals surface area (Å²) in [6.45, 7) is 9.89. The first-order valence-corrected chi connectivity index (χ1v) is 7.79. The molecule has 2 N–H and O–H groups in total. The highest BCUT2D eigenvalue weighted by molar-refractivity contribution is 5.90. The molecule has 0 amide bonds. The summed E-state index contributed by atoms with van der Waals surface area (Å²) in [5.41, 5.74) is 4.76. The number of carbonyl (C=O) groups is 3. The van der Waals surface area contributed by atoms with Crippen LogP contribution in [0.5, 0.6) is 0 Å². The second-order valence-corrected chi connectivity index (χ2v) is 6.93. The lowest BCUT2D eigenvalue weighted by atomic mass is 10.0. The third-order valence-electron chi connectivity index (χ3n) is 3.13. The van der Waals surface area contributed by atoms with E-state index in [1.165, 1.54) is 0 Å². The van der Waals surface area contributed by atoms with Crippen LogP contribution < -0.4 is 5.73 Å². The Bertz CT molecular complexity index is 442. The second kappa shape index (κ2) is 7.99. The van der Waals surface area contributed by atoms with Gasteiger partial charge in [0.1, 0.15) is 17.8 Å². The van der Waals surface area contributed by atoms with Gasteiger partial charge in [-0.15, -0.1) is 0 Å². The van der Waals surface area contributed by atoms with Crippen molar-refractivity contribution in [2.24, 2.45) is 11.7 Å². The van der Waals surface area contributed by atoms with Crippen LogP contribution in [-0.2, 0) is 28.6 Å². The van der Waals surface area contributed by atoms with Crippen LogP contribution in [0.25, 0.3) is 0 Å². The Kier molecular flexibility index (Phi) is 6.85. The van der Waals surface area contributed by atoms with E-state index >= 15 is 0 Å². The predicted octanol–water partition coefficient (Wildman–Crippen LogP) is 0.624. The molecule has 0 aromatic heterocycles. The van der Waals surface area contributed by atoms with Gasteiger partial charge in [-0.1, -0.05) is 6.92 Å². The first kappa shape index (κ1) is 19.7. The van der Waals surface area contributed by atoms with Crippen LogP contribution in [-0.4, -0.2) is 54.6 Å². The van der Waals surface area contributed by atoms with Crippen molar-refractivity contribution in [2.75, 3.05) is 13.2 Å². The molecule has 7 heteroatoms. The predicted molar refractivity (Wildman–Crippen MR) is 82.8 cm³/mol. The molecule has 0 spiro atoms. The average Bonchev–Trinajstić information content (AvgIpc) is 3.27. The highest BCUT2D eigenvalue weighted by Gasteiger charge is 2.35. The number of Topliss-reactive ketones (excluding diaryl/α,β-unsaturated/α-hetero) is 2. The van der Waals surface area contributed by atoms with E-state index in [0.717, 1.165) is 0 Å². The second-order valence-electron chi connectivity index (χ2n) is 6.93. The van der Waals surface area contributed by atoms with Crippen molar-refractivity contribution in [1.82, 2.24) is 0 Å². The molecule has 2 saturated heterocycles. The van der Waals surface area contributed by atoms with Crippen LogP contribution in [0.15, 0.2) is 0 Å². The molecule has 2 unspecified atom stereocenters. The summed E-state index contributed by atoms with van der Waals surface area (Å²) >= 11 is 0. The van der Waals surface area contributed by atoms with Gasteiger partial charge in [0.2, 0.25) is 0 Å². The topological polar surface area (TPSA) is 112 Å². The first-order chi connectivity index (χ1) is 10.5. The Balaban J connectivity index is 0.000000277. The molecule has 2 rings (SSSR count). The van der Waals surface area contributed by atoms with Crippen LogP contribution in [0, 0.1) is 5.92 Å². The van der Waals surface area contributed by atoms with E-state index in [1.54, 1.807) is 34.6 Å². The molecular formula is C16H27NO6. The molecule has 2 aliphatic rings. The van der Waals surface area contributed by atoms with Gasteiger partial charge in [0, 0.05) is 5.92 Å². The van der Waals surface area contributed by atoms with E-state index in [9.17, 15) is 14.4 Å². The Morgan fingerprint density at radius 3 is 1.83 bits per heavy atom. The summed E-state index contributed by atoms with van der Waals surface area (Å²) in [5.74, 6) is -0.623. The van der Waals surface area contributed by atoms with Gasteiger partial charge in [-0.3, -0.25) is 14.4 Å². The minimum atomic E-state index is -0.490. The summed E-state index contributed by atoms with van der Waals surface area (Å²) in [4.78, 5) is 33.5. The van der Waals surface area contributed by atoms with Crippen LogP contribution in [0.3, 0.4) is 0 Å². The zero-order chi connectivity index (χ0) is 17.8. The van der Waals surface area contributed by atoms with E-state index in [0.29, 0.717) is 13.2 Å². The van der Waals surface area contributed by atoms with E-state index in [-0.39, 0.29) is 48.1 Å². The zero-order valence-electron chi connectivity index (χ0n) is 14.5. The van der Waals surface area contributed by atoms with E-state index in [2.05, 4.69) is 0 Å². The molecule has 0 aromatic rings. The average molecular weight is 329 g/mol. The summed E-state index contributed by atoms with van der Waals surface area (Å²) in [7, 11) is 0. The standard InChI is InChI=1S/C11H18O4.C5H9NO2/c1-7(10(13)8-6-14-8)5-9(12)15-11(2,3)4;1-3(6)5(7)4-2-8-4/h7-8H,5-6H2,1-4H3;3-4H,2,6H2,1H3/t7-,8?;3-,4?/m10/s1. The fourth-order valence-electron chi connectivity index (χ4n) is 1.77. The maximum Gasteiger partial charge on any atom is 0.307 e. The van der Waals surface area contributed by atoms with Crippen molar-refractivity contribution in [3.63, 3.8) is 0 Å². The molecular weight excluding hydrogens is 302 g/mol. The van der Waals surface area contributed by atoms with Gasteiger partial charge >= 0.3 is 5.97 Å². The maximum atomic E-state index is 11.5. The number of ketones is 2. The van der Waals surface area contributed by atoms with Gasteiger partial charge in [-0.05, 0) is 27.7 Å². The molecule has 2 heterocycles. The first-order valence-electron chi connectivity index (χ1n) is 7.79. The Morgan fingerprint density at radius 2 is 1.52 bits per heavy atom. The van der Waals surface area contributed by atoms with Crippen molar-refractivity contribution in [2.45, 2.75) is 64.9 Å². The minimum absolute atomic E-state index is 0.000796. The van der Waals surface area contributed by atoms with Crippen molar-refractivity contribution in [1.29, 1.82) is 0 Å². The van der Waals surface area contributed by atoms with Crippen molar-refractivity contribution < 1.29 is 28.6 Å². The summed E-state index contributed by atoms with van der Waals surface area (Å²) in [6, 6.07) is -0.359. The van der Waals surface area contributed by atoms with Crippen molar-refractivity contribution in [3.05, 3.63) is 0 Å². The van der Waals surface area contributed by atoms with Gasteiger partial charge < -0.3 is 19.9 Å². The lowest BCUT2D eigenvalue weighted by Crippen LogP contribution is -2.30. The van der Waals surface area contributed by atoms with Crippen LogP contribution >= 0.6 is 0 Å². The third-order valence-corrected chi connectivity index (χ3v) is 3.13. The van der Waals surface area contributed by atoms with Gasteiger partial charge in [0.25, 0.3) is 0 Å². The smallest absolute Gasteiger partial charge is 0.307 e. The SMILES string of the molecule is C[C@H](CC(=O)OC(C)(C)C)C(=O)C1CO1.C[C@H](N)C(=O)C1CO1. The monoisotopic (exact) mass is 329 g/mol. The van der Waals surface area contributed by atoms with Crippen LogP contribution in [0.4, 0.5) is 0 Å². The number of epoxide rings is 2. The molecule has 132 valence electrons. The lowest BCUT2D eigenvalue weighted by Gasteiger charge is -2.20. The van der Waals surface area contributed by atoms with Gasteiger partial charge in [-0.25, -0.2) is 0 Å². The largest absolute Gasteiger partial charge is 0.460 e. The number of rotatable bonds is 6. The van der Waals surface area contributed by atoms with Gasteiger partial charge in [-0.2, -0.15) is 0 Å². The number of carbonyl (C=O) groups excluding carboxylic acids is 3. The number of ether oxygens (including phenoxy) is 3. The highest BCUT2D eigenvalue weighted by Crippen LogP contribution is 2.19. The molecule has 0 radical (unpaired) electrons.